The molecule has 1 aromatic carbocycles. The van der Waals surface area contributed by atoms with Gasteiger partial charge >= 0.3 is 6.18 Å². The summed E-state index contributed by atoms with van der Waals surface area (Å²) >= 11 is 1.25. The Hall–Kier alpha value is -2.82. The number of hydrogen-bond donors (Lipinski definition) is 2. The average Bonchev–Trinajstić information content (AvgIpc) is 3.05. The second kappa shape index (κ2) is 5.87. The molecule has 7 nitrogen and oxygen atoms in total. The fraction of sp³-hybridized carbons (Fsp3) is 0.267. The van der Waals surface area contributed by atoms with Gasteiger partial charge in [-0.25, -0.2) is 9.67 Å². The van der Waals surface area contributed by atoms with Crippen LogP contribution in [-0.4, -0.2) is 32.5 Å². The topological polar surface area (TPSA) is 105 Å². The van der Waals surface area contributed by atoms with Crippen molar-refractivity contribution in [3.63, 3.8) is 0 Å². The first-order valence-electron chi connectivity index (χ1n) is 7.60. The molecule has 0 atom stereocenters. The summed E-state index contributed by atoms with van der Waals surface area (Å²) in [5, 5.41) is 3.97. The molecule has 0 saturated carbocycles. The molecule has 3 aromatic rings. The third-order valence-corrected chi connectivity index (χ3v) is 4.86. The summed E-state index contributed by atoms with van der Waals surface area (Å²) in [5.74, 6) is 0.360. The zero-order valence-corrected chi connectivity index (χ0v) is 14.1. The van der Waals surface area contributed by atoms with Crippen molar-refractivity contribution in [2.24, 2.45) is 0 Å². The van der Waals surface area contributed by atoms with E-state index in [1.807, 2.05) is 0 Å². The number of nitrogen functional groups attached to an aromatic ring is 2. The van der Waals surface area contributed by atoms with Crippen LogP contribution in [0, 0.1) is 0 Å². The van der Waals surface area contributed by atoms with Gasteiger partial charge in [0.25, 0.3) is 0 Å². The lowest BCUT2D eigenvalue weighted by Crippen LogP contribution is -2.19. The summed E-state index contributed by atoms with van der Waals surface area (Å²) in [6.45, 7) is -0.866. The normalized spacial score (nSPS) is 13.7. The van der Waals surface area contributed by atoms with Crippen molar-refractivity contribution in [1.29, 1.82) is 0 Å². The Balaban J connectivity index is 1.81. The molecular weight excluding hydrogens is 369 g/mol. The Labute approximate surface area is 149 Å². The molecule has 136 valence electrons. The first-order valence-corrected chi connectivity index (χ1v) is 8.41. The molecule has 0 radical (unpaired) electrons. The Kier molecular flexibility index (Phi) is 3.75. The van der Waals surface area contributed by atoms with E-state index in [-0.39, 0.29) is 11.8 Å². The van der Waals surface area contributed by atoms with Gasteiger partial charge < -0.3 is 16.2 Å². The van der Waals surface area contributed by atoms with Crippen LogP contribution in [0.25, 0.3) is 22.1 Å². The van der Waals surface area contributed by atoms with Gasteiger partial charge in [0.15, 0.2) is 10.8 Å². The average molecular weight is 382 g/mol. The standard InChI is InChI=1S/C15H13F3N6OS/c16-15(17,18)6-24-12(22-14(20)23-24)13-21-11-8-2-1-7(19)5-9(8)25-4-3-10(11)26-13/h1-2,5H,3-4,6,19H2,(H2,20,23). The monoisotopic (exact) mass is 382 g/mol. The van der Waals surface area contributed by atoms with Crippen molar-refractivity contribution in [3.05, 3.63) is 23.1 Å². The zero-order valence-electron chi connectivity index (χ0n) is 13.2. The molecule has 26 heavy (non-hydrogen) atoms. The minimum atomic E-state index is -4.44. The second-order valence-electron chi connectivity index (χ2n) is 5.71. The maximum atomic E-state index is 12.8. The number of hydrogen-bond acceptors (Lipinski definition) is 7. The molecule has 1 aliphatic rings. The summed E-state index contributed by atoms with van der Waals surface area (Å²) in [6, 6.07) is 5.21. The number of benzene rings is 1. The Morgan fingerprint density at radius 2 is 2.04 bits per heavy atom. The van der Waals surface area contributed by atoms with Crippen LogP contribution >= 0.6 is 11.3 Å². The highest BCUT2D eigenvalue weighted by molar-refractivity contribution is 7.15. The quantitative estimate of drug-likeness (QED) is 0.661. The van der Waals surface area contributed by atoms with Crippen LogP contribution in [0.5, 0.6) is 5.75 Å². The number of anilines is 2. The molecule has 0 unspecified atom stereocenters. The highest BCUT2D eigenvalue weighted by Gasteiger charge is 2.32. The summed E-state index contributed by atoms with van der Waals surface area (Å²) in [6.07, 6.45) is -3.87. The zero-order chi connectivity index (χ0) is 18.5. The SMILES string of the molecule is Nc1ccc2c(c1)OCCc1sc(-c3nc(N)nn3CC(F)(F)F)nc1-2. The minimum Gasteiger partial charge on any atom is -0.492 e. The fourth-order valence-electron chi connectivity index (χ4n) is 2.73. The van der Waals surface area contributed by atoms with Crippen LogP contribution in [0.15, 0.2) is 18.2 Å². The van der Waals surface area contributed by atoms with Gasteiger partial charge in [0.2, 0.25) is 5.95 Å². The Bertz CT molecular complexity index is 980. The van der Waals surface area contributed by atoms with Crippen molar-refractivity contribution in [2.75, 3.05) is 18.1 Å². The fourth-order valence-corrected chi connectivity index (χ4v) is 3.78. The number of rotatable bonds is 2. The second-order valence-corrected chi connectivity index (χ2v) is 6.79. The smallest absolute Gasteiger partial charge is 0.408 e. The first kappa shape index (κ1) is 16.6. The van der Waals surface area contributed by atoms with Crippen LogP contribution < -0.4 is 16.2 Å². The number of halogens is 3. The first-order chi connectivity index (χ1) is 12.3. The number of nitrogens with zero attached hydrogens (tertiary/aromatic N) is 4. The van der Waals surface area contributed by atoms with Gasteiger partial charge in [0.05, 0.1) is 12.3 Å². The Morgan fingerprint density at radius 1 is 1.23 bits per heavy atom. The van der Waals surface area contributed by atoms with Gasteiger partial charge in [-0.2, -0.15) is 18.2 Å². The van der Waals surface area contributed by atoms with E-state index >= 15 is 0 Å². The van der Waals surface area contributed by atoms with E-state index in [2.05, 4.69) is 15.1 Å². The summed E-state index contributed by atoms with van der Waals surface area (Å²) < 4.78 is 44.8. The van der Waals surface area contributed by atoms with Gasteiger partial charge in [-0.3, -0.25) is 0 Å². The van der Waals surface area contributed by atoms with E-state index in [9.17, 15) is 13.2 Å². The highest BCUT2D eigenvalue weighted by atomic mass is 32.1. The van der Waals surface area contributed by atoms with Crippen molar-refractivity contribution in [3.8, 4) is 27.8 Å². The minimum absolute atomic E-state index is 0.00388. The van der Waals surface area contributed by atoms with E-state index in [4.69, 9.17) is 16.2 Å². The van der Waals surface area contributed by atoms with E-state index in [1.165, 1.54) is 11.3 Å². The van der Waals surface area contributed by atoms with Crippen molar-refractivity contribution < 1.29 is 17.9 Å². The summed E-state index contributed by atoms with van der Waals surface area (Å²) in [5.41, 5.74) is 13.2. The maximum absolute atomic E-state index is 12.8. The number of nitrogens with two attached hydrogens (primary N) is 2. The van der Waals surface area contributed by atoms with E-state index < -0.39 is 12.7 Å². The molecular formula is C15H13F3N6OS. The van der Waals surface area contributed by atoms with Gasteiger partial charge in [-0.05, 0) is 12.1 Å². The number of thiazole rings is 1. The van der Waals surface area contributed by atoms with Crippen LogP contribution in [0.4, 0.5) is 24.8 Å². The van der Waals surface area contributed by atoms with Gasteiger partial charge in [-0.1, -0.05) is 0 Å². The lowest BCUT2D eigenvalue weighted by molar-refractivity contribution is -0.142. The molecule has 2 aromatic heterocycles. The lowest BCUT2D eigenvalue weighted by Gasteiger charge is -2.08. The third-order valence-electron chi connectivity index (χ3n) is 3.75. The molecule has 1 aliphatic heterocycles. The summed E-state index contributed by atoms with van der Waals surface area (Å²) in [7, 11) is 0. The molecule has 4 N–H and O–H groups in total. The highest BCUT2D eigenvalue weighted by Crippen LogP contribution is 2.40. The molecule has 0 spiro atoms. The molecule has 11 heteroatoms. The number of fused-ring (bicyclic) bond motifs is 3. The predicted octanol–water partition coefficient (Wildman–Crippen LogP) is 2.73. The lowest BCUT2D eigenvalue weighted by atomic mass is 10.1. The van der Waals surface area contributed by atoms with Gasteiger partial charge in [-0.15, -0.1) is 16.4 Å². The van der Waals surface area contributed by atoms with Crippen molar-refractivity contribution >= 4 is 23.0 Å². The van der Waals surface area contributed by atoms with Crippen LogP contribution in [0.3, 0.4) is 0 Å². The van der Waals surface area contributed by atoms with E-state index in [1.54, 1.807) is 18.2 Å². The van der Waals surface area contributed by atoms with E-state index in [0.717, 1.165) is 15.1 Å². The molecule has 0 aliphatic carbocycles. The molecule has 0 bridgehead atoms. The van der Waals surface area contributed by atoms with Crippen molar-refractivity contribution in [1.82, 2.24) is 19.7 Å². The van der Waals surface area contributed by atoms with Crippen LogP contribution in [-0.2, 0) is 13.0 Å². The Morgan fingerprint density at radius 3 is 2.81 bits per heavy atom. The van der Waals surface area contributed by atoms with Gasteiger partial charge in [0, 0.05) is 28.6 Å². The third kappa shape index (κ3) is 3.05. The van der Waals surface area contributed by atoms with Crippen LogP contribution in [0.2, 0.25) is 0 Å². The molecule has 0 fully saturated rings. The molecule has 4 rings (SSSR count). The summed E-state index contributed by atoms with van der Waals surface area (Å²) in [4.78, 5) is 9.33. The predicted molar refractivity (Wildman–Crippen MR) is 90.6 cm³/mol. The number of aromatic nitrogens is 4. The van der Waals surface area contributed by atoms with Crippen molar-refractivity contribution in [2.45, 2.75) is 19.1 Å². The maximum Gasteiger partial charge on any atom is 0.408 e. The molecule has 3 heterocycles. The van der Waals surface area contributed by atoms with Gasteiger partial charge in [0.1, 0.15) is 12.3 Å². The van der Waals surface area contributed by atoms with Crippen LogP contribution in [0.1, 0.15) is 4.88 Å². The number of alkyl halides is 3. The molecule has 0 amide bonds. The largest absolute Gasteiger partial charge is 0.492 e. The number of ether oxygens (including phenoxy) is 1. The molecule has 0 saturated heterocycles. The van der Waals surface area contributed by atoms with E-state index in [0.29, 0.717) is 35.2 Å².